The molecular formula is C20H30N3O2P. The average molecular weight is 375 g/mol. The molecule has 0 fully saturated rings. The van der Waals surface area contributed by atoms with Gasteiger partial charge in [0.1, 0.15) is 0 Å². The van der Waals surface area contributed by atoms with Gasteiger partial charge in [0.05, 0.1) is 13.2 Å². The zero-order valence-corrected chi connectivity index (χ0v) is 16.9. The minimum Gasteiger partial charge on any atom is -0.315 e. The Morgan fingerprint density at radius 2 is 1.12 bits per heavy atom. The lowest BCUT2D eigenvalue weighted by molar-refractivity contribution is 0.117. The number of nitrogens with zero attached hydrogens (tertiary/aromatic N) is 1. The largest absolute Gasteiger partial charge is 0.315 e. The third-order valence-corrected chi connectivity index (χ3v) is 4.55. The van der Waals surface area contributed by atoms with Crippen LogP contribution in [0.3, 0.4) is 0 Å². The van der Waals surface area contributed by atoms with E-state index in [-0.39, 0.29) is 12.1 Å². The summed E-state index contributed by atoms with van der Waals surface area (Å²) in [5, 5.41) is 0. The summed E-state index contributed by atoms with van der Waals surface area (Å²) in [4.78, 5) is 1.89. The van der Waals surface area contributed by atoms with Gasteiger partial charge in [-0.25, -0.2) is 10.9 Å². The monoisotopic (exact) mass is 375 g/mol. The highest BCUT2D eigenvalue weighted by Crippen LogP contribution is 2.42. The third-order valence-electron chi connectivity index (χ3n) is 3.29. The van der Waals surface area contributed by atoms with Crippen LogP contribution in [0.25, 0.3) is 0 Å². The van der Waals surface area contributed by atoms with E-state index in [0.29, 0.717) is 13.2 Å². The van der Waals surface area contributed by atoms with Crippen molar-refractivity contribution in [2.24, 2.45) is 0 Å². The second-order valence-electron chi connectivity index (χ2n) is 6.64. The van der Waals surface area contributed by atoms with Crippen LogP contribution in [0, 0.1) is 0 Å². The molecule has 0 aliphatic rings. The summed E-state index contributed by atoms with van der Waals surface area (Å²) in [6.45, 7) is 9.37. The van der Waals surface area contributed by atoms with Crippen LogP contribution in [0.2, 0.25) is 0 Å². The molecule has 0 saturated heterocycles. The van der Waals surface area contributed by atoms with E-state index in [2.05, 4.69) is 62.8 Å². The molecule has 2 aromatic carbocycles. The van der Waals surface area contributed by atoms with Crippen molar-refractivity contribution in [3.05, 3.63) is 71.8 Å². The van der Waals surface area contributed by atoms with E-state index in [1.54, 1.807) is 0 Å². The Labute approximate surface area is 158 Å². The van der Waals surface area contributed by atoms with Crippen molar-refractivity contribution in [2.75, 3.05) is 0 Å². The molecule has 0 aliphatic heterocycles. The SMILES string of the molecule is CC(C)NN(NC(C)C)P(OCc1ccccc1)OCc1ccccc1. The lowest BCUT2D eigenvalue weighted by atomic mass is 10.2. The first-order valence-electron chi connectivity index (χ1n) is 9.00. The Morgan fingerprint density at radius 1 is 0.731 bits per heavy atom. The van der Waals surface area contributed by atoms with Gasteiger partial charge >= 0.3 is 0 Å². The van der Waals surface area contributed by atoms with Crippen molar-refractivity contribution in [1.82, 2.24) is 15.7 Å². The van der Waals surface area contributed by atoms with Crippen molar-refractivity contribution in [1.29, 1.82) is 0 Å². The summed E-state index contributed by atoms with van der Waals surface area (Å²) in [5.41, 5.74) is 9.01. The normalized spacial score (nSPS) is 11.8. The third kappa shape index (κ3) is 7.92. The number of hydrogen-bond donors (Lipinski definition) is 2. The highest BCUT2D eigenvalue weighted by Gasteiger charge is 2.24. The fraction of sp³-hybridized carbons (Fsp3) is 0.400. The molecule has 0 atom stereocenters. The highest BCUT2D eigenvalue weighted by atomic mass is 31.2. The summed E-state index contributed by atoms with van der Waals surface area (Å²) < 4.78 is 12.3. The van der Waals surface area contributed by atoms with Crippen molar-refractivity contribution in [3.8, 4) is 0 Å². The van der Waals surface area contributed by atoms with Crippen molar-refractivity contribution in [2.45, 2.75) is 53.0 Å². The average Bonchev–Trinajstić information content (AvgIpc) is 2.62. The second-order valence-corrected chi connectivity index (χ2v) is 8.03. The summed E-state index contributed by atoms with van der Waals surface area (Å²) >= 11 is 0. The Balaban J connectivity index is 2.06. The van der Waals surface area contributed by atoms with Crippen LogP contribution in [0.1, 0.15) is 38.8 Å². The van der Waals surface area contributed by atoms with Gasteiger partial charge in [0.25, 0.3) is 8.53 Å². The molecule has 5 nitrogen and oxygen atoms in total. The van der Waals surface area contributed by atoms with Gasteiger partial charge in [0.2, 0.25) is 0 Å². The maximum atomic E-state index is 6.16. The molecule has 0 heterocycles. The molecule has 2 N–H and O–H groups in total. The Kier molecular flexibility index (Phi) is 9.19. The van der Waals surface area contributed by atoms with Crippen LogP contribution in [0.15, 0.2) is 60.7 Å². The molecule has 0 aliphatic carbocycles. The Bertz CT molecular complexity index is 557. The second kappa shape index (κ2) is 11.4. The lowest BCUT2D eigenvalue weighted by Crippen LogP contribution is -2.50. The van der Waals surface area contributed by atoms with E-state index >= 15 is 0 Å². The minimum absolute atomic E-state index is 0.256. The maximum Gasteiger partial charge on any atom is 0.289 e. The first-order chi connectivity index (χ1) is 12.5. The number of benzene rings is 2. The van der Waals surface area contributed by atoms with Gasteiger partial charge in [-0.1, -0.05) is 60.7 Å². The quantitative estimate of drug-likeness (QED) is 0.437. The van der Waals surface area contributed by atoms with E-state index in [9.17, 15) is 0 Å². The van der Waals surface area contributed by atoms with Crippen molar-refractivity contribution in [3.63, 3.8) is 0 Å². The molecule has 0 amide bonds. The molecule has 2 rings (SSSR count). The first-order valence-corrected chi connectivity index (χ1v) is 10.1. The van der Waals surface area contributed by atoms with Gasteiger partial charge in [0.15, 0.2) is 0 Å². The Morgan fingerprint density at radius 3 is 1.46 bits per heavy atom. The van der Waals surface area contributed by atoms with Crippen LogP contribution in [-0.2, 0) is 22.3 Å². The molecule has 6 heteroatoms. The summed E-state index contributed by atoms with van der Waals surface area (Å²) in [7, 11) is -1.33. The molecular weight excluding hydrogens is 345 g/mol. The zero-order chi connectivity index (χ0) is 18.8. The van der Waals surface area contributed by atoms with Gasteiger partial charge < -0.3 is 9.05 Å². The molecule has 26 heavy (non-hydrogen) atoms. The minimum atomic E-state index is -1.33. The number of hydrazine groups is 2. The van der Waals surface area contributed by atoms with E-state index in [0.717, 1.165) is 11.1 Å². The standard InChI is InChI=1S/C20H30N3O2P/c1-17(2)21-23(22-18(3)4)26(24-15-19-11-7-5-8-12-19)25-16-20-13-9-6-10-14-20/h5-14,17-18,21-22H,15-16H2,1-4H3. The van der Waals surface area contributed by atoms with Crippen molar-refractivity contribution < 1.29 is 9.05 Å². The van der Waals surface area contributed by atoms with Crippen LogP contribution in [0.4, 0.5) is 0 Å². The van der Waals surface area contributed by atoms with Crippen LogP contribution >= 0.6 is 8.53 Å². The Hall–Kier alpha value is -1.33. The lowest BCUT2D eigenvalue weighted by Gasteiger charge is -2.33. The highest BCUT2D eigenvalue weighted by molar-refractivity contribution is 7.44. The van der Waals surface area contributed by atoms with Crippen molar-refractivity contribution >= 4 is 8.53 Å². The number of nitrogens with one attached hydrogen (secondary N) is 2. The van der Waals surface area contributed by atoms with Gasteiger partial charge in [-0.2, -0.15) is 0 Å². The van der Waals surface area contributed by atoms with E-state index in [1.807, 2.05) is 41.3 Å². The maximum absolute atomic E-state index is 6.16. The fourth-order valence-corrected chi connectivity index (χ4v) is 3.66. The first kappa shape index (κ1) is 21.0. The van der Waals surface area contributed by atoms with E-state index in [4.69, 9.17) is 9.05 Å². The topological polar surface area (TPSA) is 45.8 Å². The van der Waals surface area contributed by atoms with E-state index in [1.165, 1.54) is 0 Å². The van der Waals surface area contributed by atoms with Gasteiger partial charge in [-0.3, -0.25) is 0 Å². The van der Waals surface area contributed by atoms with Gasteiger partial charge in [-0.15, -0.1) is 4.89 Å². The number of hydrogen-bond acceptors (Lipinski definition) is 5. The summed E-state index contributed by atoms with van der Waals surface area (Å²) in [6, 6.07) is 20.8. The molecule has 0 bridgehead atoms. The molecule has 2 aromatic rings. The predicted molar refractivity (Wildman–Crippen MR) is 108 cm³/mol. The number of rotatable bonds is 11. The molecule has 0 radical (unpaired) electrons. The molecule has 0 saturated carbocycles. The van der Waals surface area contributed by atoms with Crippen LogP contribution in [-0.4, -0.2) is 17.0 Å². The molecule has 0 aromatic heterocycles. The molecule has 142 valence electrons. The smallest absolute Gasteiger partial charge is 0.289 e. The van der Waals surface area contributed by atoms with Gasteiger partial charge in [0, 0.05) is 12.1 Å². The van der Waals surface area contributed by atoms with Gasteiger partial charge in [-0.05, 0) is 38.8 Å². The van der Waals surface area contributed by atoms with Crippen LogP contribution in [0.5, 0.6) is 0 Å². The molecule has 0 spiro atoms. The van der Waals surface area contributed by atoms with E-state index < -0.39 is 8.53 Å². The van der Waals surface area contributed by atoms with Crippen LogP contribution < -0.4 is 10.9 Å². The fourth-order valence-electron chi connectivity index (χ4n) is 2.18. The zero-order valence-electron chi connectivity index (χ0n) is 16.1. The molecule has 0 unspecified atom stereocenters. The summed E-state index contributed by atoms with van der Waals surface area (Å²) in [6.07, 6.45) is 0. The summed E-state index contributed by atoms with van der Waals surface area (Å²) in [5.74, 6) is 0. The predicted octanol–water partition coefficient (Wildman–Crippen LogP) is 4.77.